The maximum Gasteiger partial charge on any atom is 0.417 e. The van der Waals surface area contributed by atoms with E-state index in [2.05, 4.69) is 15.0 Å². The van der Waals surface area contributed by atoms with Crippen LogP contribution in [-0.2, 0) is 10.9 Å². The average molecular weight is 637 g/mol. The first-order valence-electron chi connectivity index (χ1n) is 16.2. The highest BCUT2D eigenvalue weighted by molar-refractivity contribution is 5.93. The number of nitrogens with zero attached hydrogens (tertiary/aromatic N) is 5. The zero-order chi connectivity index (χ0) is 33.0. The van der Waals surface area contributed by atoms with E-state index in [1.54, 1.807) is 9.80 Å². The molecule has 5 atom stereocenters. The lowest BCUT2D eigenvalue weighted by molar-refractivity contribution is -0.137. The third-order valence-electron chi connectivity index (χ3n) is 9.78. The Bertz CT molecular complexity index is 1760. The number of pyridine rings is 1. The molecule has 3 saturated heterocycles. The minimum absolute atomic E-state index is 0.0122. The molecule has 2 N–H and O–H groups in total. The van der Waals surface area contributed by atoms with Gasteiger partial charge in [-0.05, 0) is 55.8 Å². The van der Waals surface area contributed by atoms with Gasteiger partial charge in [-0.2, -0.15) is 23.1 Å². The molecule has 0 amide bonds. The van der Waals surface area contributed by atoms with Crippen molar-refractivity contribution in [3.8, 4) is 17.3 Å². The molecule has 0 spiro atoms. The molecule has 8 nitrogen and oxygen atoms in total. The number of hydrogen-bond acceptors (Lipinski definition) is 8. The van der Waals surface area contributed by atoms with E-state index >= 15 is 4.39 Å². The van der Waals surface area contributed by atoms with E-state index in [0.717, 1.165) is 12.3 Å². The van der Waals surface area contributed by atoms with Crippen molar-refractivity contribution in [2.45, 2.75) is 68.1 Å². The Kier molecular flexibility index (Phi) is 6.14. The quantitative estimate of drug-likeness (QED) is 0.283. The summed E-state index contributed by atoms with van der Waals surface area (Å²) in [6.45, 7) is -1.54. The number of benzene rings is 1. The summed E-state index contributed by atoms with van der Waals surface area (Å²) in [5.41, 5.74) is 1.96. The van der Waals surface area contributed by atoms with Crippen LogP contribution < -0.4 is 15.4 Å². The monoisotopic (exact) mass is 636 g/mol. The lowest BCUT2D eigenvalue weighted by Crippen LogP contribution is -2.43. The predicted molar refractivity (Wildman–Crippen MR) is 153 cm³/mol. The van der Waals surface area contributed by atoms with Gasteiger partial charge < -0.3 is 20.1 Å². The van der Waals surface area contributed by atoms with Gasteiger partial charge in [0.05, 0.1) is 38.5 Å². The third-order valence-corrected chi connectivity index (χ3v) is 9.78. The van der Waals surface area contributed by atoms with Crippen molar-refractivity contribution in [1.82, 2.24) is 19.9 Å². The summed E-state index contributed by atoms with van der Waals surface area (Å²) in [5.74, 6) is -2.09. The number of ether oxygens (including phenoxy) is 2. The van der Waals surface area contributed by atoms with Crippen LogP contribution in [0.15, 0.2) is 18.3 Å². The molecule has 5 fully saturated rings. The van der Waals surface area contributed by atoms with Gasteiger partial charge in [0.15, 0.2) is 5.82 Å². The van der Waals surface area contributed by atoms with E-state index in [4.69, 9.17) is 17.9 Å². The predicted octanol–water partition coefficient (Wildman–Crippen LogP) is 5.44. The Morgan fingerprint density at radius 1 is 1.18 bits per heavy atom. The Morgan fingerprint density at radius 3 is 2.78 bits per heavy atom. The number of hydrogen-bond donors (Lipinski definition) is 1. The van der Waals surface area contributed by atoms with E-state index in [9.17, 15) is 22.0 Å². The minimum Gasteiger partial charge on any atom is -0.461 e. The van der Waals surface area contributed by atoms with Gasteiger partial charge in [0, 0.05) is 42.9 Å². The molecule has 3 aliphatic heterocycles. The van der Waals surface area contributed by atoms with Crippen LogP contribution in [0.25, 0.3) is 22.2 Å². The van der Waals surface area contributed by atoms with Crippen molar-refractivity contribution in [3.05, 3.63) is 35.3 Å². The molecule has 14 heteroatoms. The van der Waals surface area contributed by atoms with Gasteiger partial charge in [-0.25, -0.2) is 13.2 Å². The van der Waals surface area contributed by atoms with E-state index in [1.165, 1.54) is 6.07 Å². The smallest absolute Gasteiger partial charge is 0.417 e. The molecule has 2 aliphatic carbocycles. The molecular weight excluding hydrogens is 602 g/mol. The maximum atomic E-state index is 16.7. The second-order valence-electron chi connectivity index (χ2n) is 12.8. The highest BCUT2D eigenvalue weighted by atomic mass is 19.4. The number of alkyl halides is 5. The van der Waals surface area contributed by atoms with Gasteiger partial charge in [0.2, 0.25) is 0 Å². The number of rotatable bonds is 6. The molecule has 8 rings (SSSR count). The fourth-order valence-electron chi connectivity index (χ4n) is 7.47. The van der Waals surface area contributed by atoms with Crippen molar-refractivity contribution in [3.63, 3.8) is 0 Å². The number of fused-ring (bicyclic) bond motifs is 3. The van der Waals surface area contributed by atoms with E-state index in [0.29, 0.717) is 32.2 Å². The Morgan fingerprint density at radius 2 is 2.00 bits per heavy atom. The second kappa shape index (κ2) is 10.3. The summed E-state index contributed by atoms with van der Waals surface area (Å²) in [4.78, 5) is 16.0. The van der Waals surface area contributed by atoms with Crippen molar-refractivity contribution < 1.29 is 38.6 Å². The Balaban J connectivity index is 1.30. The molecule has 0 radical (unpaired) electrons. The zero-order valence-electron chi connectivity index (χ0n) is 26.1. The van der Waals surface area contributed by atoms with Crippen LogP contribution >= 0.6 is 0 Å². The van der Waals surface area contributed by atoms with Gasteiger partial charge in [-0.15, -0.1) is 0 Å². The van der Waals surface area contributed by atoms with E-state index in [1.807, 2.05) is 0 Å². The lowest BCUT2D eigenvalue weighted by atomic mass is 9.93. The number of halogens is 6. The standard InChI is InChI=1S/C31H32F6N6O2/c32-16-10-30(4-1-5-42(30)12-16)14-45-29-40-26-20(28(41-29)43-6-7-44-13-21-23(33)27(21)43)11-39-25(24(26)34)19-9-17(38)8-18(15-2-3-15)22(19)31(35,36)37/h8-9,11,15-16,21,23,27H,1-7,10,12-14,38H2/t16-,21+,23+,27+,30+/m1/s1/i14D2. The maximum absolute atomic E-state index is 16.7. The topological polar surface area (TPSA) is 89.6 Å². The number of aromatic nitrogens is 3. The second-order valence-corrected chi connectivity index (χ2v) is 12.8. The summed E-state index contributed by atoms with van der Waals surface area (Å²) in [7, 11) is 0. The molecule has 3 aromatic rings. The minimum atomic E-state index is -4.85. The summed E-state index contributed by atoms with van der Waals surface area (Å²) < 4.78 is 119. The Hall–Kier alpha value is -3.39. The van der Waals surface area contributed by atoms with Crippen LogP contribution in [-0.4, -0.2) is 83.2 Å². The number of anilines is 2. The third kappa shape index (κ3) is 4.86. The molecule has 240 valence electrons. The summed E-state index contributed by atoms with van der Waals surface area (Å²) in [6, 6.07) is 0.993. The molecule has 0 unspecified atom stereocenters. The van der Waals surface area contributed by atoms with Crippen LogP contribution in [0.3, 0.4) is 0 Å². The SMILES string of the molecule is [2H]C([2H])(Oc1nc(N2CCOC[C@H]3[C@H](F)[C@H]32)c2cnc(-c3cc(N)cc(C4CC4)c3C(F)(F)F)c(F)c2n1)[C@@]12CCCN1C[C@H](F)C2. The van der Waals surface area contributed by atoms with Gasteiger partial charge >= 0.3 is 12.2 Å². The van der Waals surface area contributed by atoms with Gasteiger partial charge in [-0.3, -0.25) is 9.88 Å². The first-order chi connectivity index (χ1) is 22.3. The van der Waals surface area contributed by atoms with Crippen molar-refractivity contribution in [2.75, 3.05) is 50.0 Å². The largest absolute Gasteiger partial charge is 0.461 e. The van der Waals surface area contributed by atoms with E-state index < -0.39 is 76.7 Å². The highest BCUT2D eigenvalue weighted by Crippen LogP contribution is 2.51. The summed E-state index contributed by atoms with van der Waals surface area (Å²) >= 11 is 0. The van der Waals surface area contributed by atoms with Crippen LogP contribution in [0.4, 0.5) is 37.8 Å². The lowest BCUT2D eigenvalue weighted by Gasteiger charge is -2.31. The molecule has 2 saturated carbocycles. The Labute approximate surface area is 257 Å². The molecule has 1 aromatic carbocycles. The van der Waals surface area contributed by atoms with Gasteiger partial charge in [0.1, 0.15) is 35.9 Å². The summed E-state index contributed by atoms with van der Waals surface area (Å²) in [6.07, 6.45) is -4.39. The van der Waals surface area contributed by atoms with Crippen LogP contribution in [0.2, 0.25) is 0 Å². The molecule has 2 aromatic heterocycles. The van der Waals surface area contributed by atoms with Crippen molar-refractivity contribution >= 4 is 22.4 Å². The average Bonchev–Trinajstić information content (AvgIpc) is 3.88. The van der Waals surface area contributed by atoms with E-state index in [-0.39, 0.29) is 61.1 Å². The fourth-order valence-corrected chi connectivity index (χ4v) is 7.47. The highest BCUT2D eigenvalue weighted by Gasteiger charge is 2.56. The van der Waals surface area contributed by atoms with Gasteiger partial charge in [0.25, 0.3) is 0 Å². The molecule has 45 heavy (non-hydrogen) atoms. The van der Waals surface area contributed by atoms with Crippen LogP contribution in [0.1, 0.15) is 51.9 Å². The van der Waals surface area contributed by atoms with Gasteiger partial charge in [-0.1, -0.05) is 0 Å². The molecule has 0 bridgehead atoms. The first-order valence-corrected chi connectivity index (χ1v) is 15.2. The molecule has 5 heterocycles. The fraction of sp³-hybridized carbons (Fsp3) is 0.581. The van der Waals surface area contributed by atoms with Crippen molar-refractivity contribution in [2.24, 2.45) is 5.92 Å². The first kappa shape index (κ1) is 26.8. The molecular formula is C31H32F6N6O2. The van der Waals surface area contributed by atoms with Crippen LogP contribution in [0.5, 0.6) is 6.01 Å². The number of nitrogen functional groups attached to an aromatic ring is 1. The zero-order valence-corrected chi connectivity index (χ0v) is 24.1. The number of nitrogens with two attached hydrogens (primary N) is 1. The van der Waals surface area contributed by atoms with Crippen LogP contribution in [0, 0.1) is 11.7 Å². The molecule has 5 aliphatic rings. The normalized spacial score (nSPS) is 30.9. The van der Waals surface area contributed by atoms with Crippen molar-refractivity contribution in [1.29, 1.82) is 0 Å². The summed E-state index contributed by atoms with van der Waals surface area (Å²) in [5, 5.41) is -0.0239.